The summed E-state index contributed by atoms with van der Waals surface area (Å²) in [5, 5.41) is 1.16. The second-order valence-electron chi connectivity index (χ2n) is 8.72. The molecule has 5 nitrogen and oxygen atoms in total. The maximum Gasteiger partial charge on any atom is 0.239 e. The number of amides is 1. The van der Waals surface area contributed by atoms with Crippen molar-refractivity contribution in [1.29, 1.82) is 0 Å². The zero-order valence-electron chi connectivity index (χ0n) is 17.4. The van der Waals surface area contributed by atoms with Gasteiger partial charge in [0.15, 0.2) is 0 Å². The van der Waals surface area contributed by atoms with Crippen LogP contribution in [0.25, 0.3) is 10.9 Å². The second kappa shape index (κ2) is 8.25. The Balaban J connectivity index is 1.17. The molecule has 156 valence electrons. The number of aromatic nitrogens is 1. The van der Waals surface area contributed by atoms with Crippen LogP contribution in [-0.2, 0) is 24.2 Å². The number of piperidine rings is 1. The van der Waals surface area contributed by atoms with Crippen LogP contribution in [0.4, 0.5) is 0 Å². The van der Waals surface area contributed by atoms with Crippen LogP contribution in [-0.4, -0.2) is 52.4 Å². The Labute approximate surface area is 177 Å². The number of para-hydroxylation sites is 1. The van der Waals surface area contributed by atoms with Gasteiger partial charge >= 0.3 is 0 Å². The van der Waals surface area contributed by atoms with Crippen LogP contribution in [0.5, 0.6) is 0 Å². The summed E-state index contributed by atoms with van der Waals surface area (Å²) in [4.78, 5) is 20.8. The molecular weight excluding hydrogens is 372 g/mol. The van der Waals surface area contributed by atoms with E-state index in [9.17, 15) is 4.79 Å². The number of aromatic amines is 1. The SMILES string of the molecule is N[C@H](Cc1c[nH]c2ccccc12)C(=O)N1CCC(N2CCc3ccccc3C2)CC1. The van der Waals surface area contributed by atoms with E-state index in [1.54, 1.807) is 0 Å². The van der Waals surface area contributed by atoms with Crippen molar-refractivity contribution in [2.24, 2.45) is 5.73 Å². The summed E-state index contributed by atoms with van der Waals surface area (Å²) >= 11 is 0. The number of nitrogens with one attached hydrogen (secondary N) is 1. The van der Waals surface area contributed by atoms with Gasteiger partial charge in [0.05, 0.1) is 6.04 Å². The predicted molar refractivity (Wildman–Crippen MR) is 120 cm³/mol. The summed E-state index contributed by atoms with van der Waals surface area (Å²) in [7, 11) is 0. The lowest BCUT2D eigenvalue weighted by Crippen LogP contribution is -2.52. The Morgan fingerprint density at radius 1 is 1.03 bits per heavy atom. The number of benzene rings is 2. The quantitative estimate of drug-likeness (QED) is 0.705. The van der Waals surface area contributed by atoms with Gasteiger partial charge in [0.2, 0.25) is 5.91 Å². The minimum atomic E-state index is -0.484. The first-order valence-corrected chi connectivity index (χ1v) is 11.1. The number of fused-ring (bicyclic) bond motifs is 2. The molecule has 30 heavy (non-hydrogen) atoms. The highest BCUT2D eigenvalue weighted by Gasteiger charge is 2.30. The fourth-order valence-corrected chi connectivity index (χ4v) is 5.14. The van der Waals surface area contributed by atoms with Crippen molar-refractivity contribution in [3.8, 4) is 0 Å². The van der Waals surface area contributed by atoms with E-state index in [0.29, 0.717) is 12.5 Å². The van der Waals surface area contributed by atoms with Gasteiger partial charge in [0.1, 0.15) is 0 Å². The van der Waals surface area contributed by atoms with E-state index >= 15 is 0 Å². The Hall–Kier alpha value is -2.63. The Bertz CT molecular complexity index is 1030. The van der Waals surface area contributed by atoms with Crippen molar-refractivity contribution >= 4 is 16.8 Å². The number of nitrogens with two attached hydrogens (primary N) is 1. The molecular formula is C25H30N4O. The monoisotopic (exact) mass is 402 g/mol. The molecule has 3 heterocycles. The molecule has 2 aliphatic rings. The molecule has 2 aromatic carbocycles. The Morgan fingerprint density at radius 2 is 1.77 bits per heavy atom. The van der Waals surface area contributed by atoms with Crippen LogP contribution in [0.1, 0.15) is 29.5 Å². The first-order valence-electron chi connectivity index (χ1n) is 11.1. The molecule has 0 bridgehead atoms. The molecule has 1 fully saturated rings. The van der Waals surface area contributed by atoms with Gasteiger partial charge in [-0.3, -0.25) is 9.69 Å². The minimum absolute atomic E-state index is 0.0859. The lowest BCUT2D eigenvalue weighted by atomic mass is 9.95. The third-order valence-corrected chi connectivity index (χ3v) is 6.88. The Morgan fingerprint density at radius 3 is 2.60 bits per heavy atom. The van der Waals surface area contributed by atoms with Crippen molar-refractivity contribution in [3.63, 3.8) is 0 Å². The molecule has 0 unspecified atom stereocenters. The van der Waals surface area contributed by atoms with Gasteiger partial charge in [0.25, 0.3) is 0 Å². The number of hydrogen-bond donors (Lipinski definition) is 2. The van der Waals surface area contributed by atoms with Gasteiger partial charge in [-0.1, -0.05) is 42.5 Å². The first-order chi connectivity index (χ1) is 14.7. The maximum absolute atomic E-state index is 13.0. The van der Waals surface area contributed by atoms with E-state index in [4.69, 9.17) is 5.73 Å². The normalized spacial score (nSPS) is 19.0. The summed E-state index contributed by atoms with van der Waals surface area (Å²) in [6, 6.07) is 17.0. The zero-order chi connectivity index (χ0) is 20.5. The summed E-state index contributed by atoms with van der Waals surface area (Å²) in [5.41, 5.74) is 11.5. The highest BCUT2D eigenvalue weighted by molar-refractivity contribution is 5.86. The average Bonchev–Trinajstić information content (AvgIpc) is 3.21. The molecule has 5 heteroatoms. The van der Waals surface area contributed by atoms with Crippen molar-refractivity contribution in [1.82, 2.24) is 14.8 Å². The molecule has 2 aliphatic heterocycles. The van der Waals surface area contributed by atoms with Crippen LogP contribution in [0.2, 0.25) is 0 Å². The van der Waals surface area contributed by atoms with Gasteiger partial charge in [-0.05, 0) is 48.4 Å². The van der Waals surface area contributed by atoms with E-state index in [0.717, 1.165) is 61.9 Å². The number of H-pyrrole nitrogens is 1. The van der Waals surface area contributed by atoms with Crippen molar-refractivity contribution in [3.05, 3.63) is 71.4 Å². The van der Waals surface area contributed by atoms with Gasteiger partial charge in [-0.15, -0.1) is 0 Å². The smallest absolute Gasteiger partial charge is 0.239 e. The van der Waals surface area contributed by atoms with Gasteiger partial charge in [-0.25, -0.2) is 0 Å². The van der Waals surface area contributed by atoms with Gasteiger partial charge in [0, 0.05) is 49.3 Å². The summed E-state index contributed by atoms with van der Waals surface area (Å²) < 4.78 is 0. The van der Waals surface area contributed by atoms with Crippen LogP contribution in [0.15, 0.2) is 54.7 Å². The van der Waals surface area contributed by atoms with Crippen molar-refractivity contribution < 1.29 is 4.79 Å². The van der Waals surface area contributed by atoms with E-state index < -0.39 is 6.04 Å². The third-order valence-electron chi connectivity index (χ3n) is 6.88. The summed E-state index contributed by atoms with van der Waals surface area (Å²) in [5.74, 6) is 0.0859. The molecule has 1 saturated heterocycles. The van der Waals surface area contributed by atoms with E-state index in [-0.39, 0.29) is 5.91 Å². The fraction of sp³-hybridized carbons (Fsp3) is 0.400. The largest absolute Gasteiger partial charge is 0.361 e. The van der Waals surface area contributed by atoms with Gasteiger partial charge in [-0.2, -0.15) is 0 Å². The molecule has 1 aromatic heterocycles. The third kappa shape index (κ3) is 3.75. The van der Waals surface area contributed by atoms with E-state index in [1.807, 2.05) is 23.2 Å². The molecule has 1 amide bonds. The lowest BCUT2D eigenvalue weighted by molar-refractivity contribution is -0.134. The minimum Gasteiger partial charge on any atom is -0.361 e. The predicted octanol–water partition coefficient (Wildman–Crippen LogP) is 3.09. The second-order valence-corrected chi connectivity index (χ2v) is 8.72. The summed E-state index contributed by atoms with van der Waals surface area (Å²) in [6.07, 6.45) is 5.76. The maximum atomic E-state index is 13.0. The molecule has 0 saturated carbocycles. The standard InChI is InChI=1S/C25H30N4O/c26-23(15-20-16-27-24-8-4-3-7-22(20)24)25(30)28-13-10-21(11-14-28)29-12-9-18-5-1-2-6-19(18)17-29/h1-8,16,21,23,27H,9-15,17,26H2/t23-/m1/s1. The zero-order valence-corrected chi connectivity index (χ0v) is 17.4. The lowest BCUT2D eigenvalue weighted by Gasteiger charge is -2.41. The topological polar surface area (TPSA) is 65.4 Å². The number of hydrogen-bond acceptors (Lipinski definition) is 3. The number of likely N-dealkylation sites (tertiary alicyclic amines) is 1. The first kappa shape index (κ1) is 19.3. The summed E-state index contributed by atoms with van der Waals surface area (Å²) in [6.45, 7) is 3.77. The highest BCUT2D eigenvalue weighted by atomic mass is 16.2. The fourth-order valence-electron chi connectivity index (χ4n) is 5.14. The average molecular weight is 403 g/mol. The van der Waals surface area contributed by atoms with Crippen LogP contribution >= 0.6 is 0 Å². The van der Waals surface area contributed by atoms with E-state index in [1.165, 1.54) is 11.1 Å². The van der Waals surface area contributed by atoms with Gasteiger partial charge < -0.3 is 15.6 Å². The number of carbonyl (C=O) groups excluding carboxylic acids is 1. The highest BCUT2D eigenvalue weighted by Crippen LogP contribution is 2.25. The molecule has 1 atom stereocenters. The van der Waals surface area contributed by atoms with Crippen LogP contribution in [0, 0.1) is 0 Å². The molecule has 0 radical (unpaired) electrons. The number of carbonyl (C=O) groups is 1. The van der Waals surface area contributed by atoms with Crippen LogP contribution in [0.3, 0.4) is 0 Å². The van der Waals surface area contributed by atoms with Crippen LogP contribution < -0.4 is 5.73 Å². The number of nitrogens with zero attached hydrogens (tertiary/aromatic N) is 2. The van der Waals surface area contributed by atoms with E-state index in [2.05, 4.69) is 46.3 Å². The molecule has 0 aliphatic carbocycles. The number of rotatable bonds is 4. The Kier molecular flexibility index (Phi) is 5.32. The van der Waals surface area contributed by atoms with Crippen molar-refractivity contribution in [2.75, 3.05) is 19.6 Å². The molecule has 3 aromatic rings. The molecule has 3 N–H and O–H groups in total. The van der Waals surface area contributed by atoms with Crippen molar-refractivity contribution in [2.45, 2.75) is 44.3 Å². The molecule has 0 spiro atoms. The molecule has 5 rings (SSSR count).